The molecule has 0 unspecified atom stereocenters. The Balaban J connectivity index is 2.61. The molecule has 0 atom stereocenters. The maximum Gasteiger partial charge on any atom is 0.323 e. The van der Waals surface area contributed by atoms with Gasteiger partial charge in [0.15, 0.2) is 0 Å². The Bertz CT molecular complexity index is 456. The van der Waals surface area contributed by atoms with Gasteiger partial charge in [-0.1, -0.05) is 44.5 Å². The van der Waals surface area contributed by atoms with Crippen molar-refractivity contribution < 1.29 is 4.79 Å². The van der Waals surface area contributed by atoms with Gasteiger partial charge in [0, 0.05) is 11.9 Å². The van der Waals surface area contributed by atoms with Gasteiger partial charge < -0.3 is 10.6 Å². The Hall–Kier alpha value is -1.77. The van der Waals surface area contributed by atoms with Gasteiger partial charge in [0.1, 0.15) is 0 Å². The van der Waals surface area contributed by atoms with Crippen LogP contribution in [0.2, 0.25) is 0 Å². The van der Waals surface area contributed by atoms with Gasteiger partial charge in [-0.25, -0.2) is 4.79 Å². The Labute approximate surface area is 109 Å². The normalized spacial score (nSPS) is 12.2. The maximum atomic E-state index is 11.7. The van der Waals surface area contributed by atoms with Crippen LogP contribution in [0, 0.1) is 12.3 Å². The molecule has 98 valence electrons. The van der Waals surface area contributed by atoms with Crippen LogP contribution in [-0.4, -0.2) is 6.03 Å². The van der Waals surface area contributed by atoms with Crippen molar-refractivity contribution in [2.45, 2.75) is 34.6 Å². The standard InChI is InChI=1S/C15H22N2O/c1-11-8-6-7-9-13(11)17-14(18)16-10-12(2)15(3,4)5/h6-10H,1-5H3,(H2,16,17,18)/b12-10+. The van der Waals surface area contributed by atoms with Gasteiger partial charge in [-0.15, -0.1) is 0 Å². The van der Waals surface area contributed by atoms with E-state index in [-0.39, 0.29) is 11.4 Å². The summed E-state index contributed by atoms with van der Waals surface area (Å²) in [5.74, 6) is 0. The van der Waals surface area contributed by atoms with Gasteiger partial charge in [-0.05, 0) is 30.9 Å². The van der Waals surface area contributed by atoms with Gasteiger partial charge in [-0.3, -0.25) is 0 Å². The lowest BCUT2D eigenvalue weighted by Crippen LogP contribution is -2.25. The molecule has 0 fully saturated rings. The molecule has 0 aromatic heterocycles. The average Bonchev–Trinajstić information content (AvgIpc) is 2.27. The van der Waals surface area contributed by atoms with Crippen LogP contribution in [0.5, 0.6) is 0 Å². The van der Waals surface area contributed by atoms with Crippen LogP contribution in [0.3, 0.4) is 0 Å². The fourth-order valence-electron chi connectivity index (χ4n) is 1.26. The molecule has 3 nitrogen and oxygen atoms in total. The summed E-state index contributed by atoms with van der Waals surface area (Å²) in [7, 11) is 0. The van der Waals surface area contributed by atoms with E-state index in [1.54, 1.807) is 6.20 Å². The van der Waals surface area contributed by atoms with Crippen molar-refractivity contribution in [2.24, 2.45) is 5.41 Å². The van der Waals surface area contributed by atoms with Crippen molar-refractivity contribution in [1.82, 2.24) is 5.32 Å². The van der Waals surface area contributed by atoms with E-state index in [0.717, 1.165) is 16.8 Å². The zero-order chi connectivity index (χ0) is 13.8. The molecule has 0 heterocycles. The number of nitrogens with one attached hydrogen (secondary N) is 2. The van der Waals surface area contributed by atoms with Gasteiger partial charge in [-0.2, -0.15) is 0 Å². The molecule has 0 saturated carbocycles. The maximum absolute atomic E-state index is 11.7. The van der Waals surface area contributed by atoms with Crippen molar-refractivity contribution in [2.75, 3.05) is 5.32 Å². The topological polar surface area (TPSA) is 41.1 Å². The zero-order valence-electron chi connectivity index (χ0n) is 11.8. The lowest BCUT2D eigenvalue weighted by molar-refractivity contribution is 0.255. The molecular formula is C15H22N2O. The quantitative estimate of drug-likeness (QED) is 0.811. The van der Waals surface area contributed by atoms with E-state index in [1.165, 1.54) is 0 Å². The third-order valence-corrected chi connectivity index (χ3v) is 3.00. The molecule has 0 aliphatic rings. The summed E-state index contributed by atoms with van der Waals surface area (Å²) in [6.07, 6.45) is 1.76. The summed E-state index contributed by atoms with van der Waals surface area (Å²) in [6.45, 7) is 10.3. The number of benzene rings is 1. The third kappa shape index (κ3) is 4.24. The number of carbonyl (C=O) groups is 1. The number of carbonyl (C=O) groups excluding carboxylic acids is 1. The predicted octanol–water partition coefficient (Wildman–Crippen LogP) is 4.07. The number of aryl methyl sites for hydroxylation is 1. The number of urea groups is 1. The number of rotatable bonds is 2. The number of allylic oxidation sites excluding steroid dienone is 1. The summed E-state index contributed by atoms with van der Waals surface area (Å²) in [5.41, 5.74) is 3.07. The van der Waals surface area contributed by atoms with Crippen LogP contribution in [-0.2, 0) is 0 Å². The molecule has 0 radical (unpaired) electrons. The van der Waals surface area contributed by atoms with Crippen molar-refractivity contribution in [3.05, 3.63) is 41.6 Å². The van der Waals surface area contributed by atoms with Crippen LogP contribution in [0.15, 0.2) is 36.0 Å². The minimum absolute atomic E-state index is 0.0654. The molecule has 2 N–H and O–H groups in total. The molecule has 3 heteroatoms. The molecule has 1 aromatic rings. The molecule has 0 aliphatic heterocycles. The lowest BCUT2D eigenvalue weighted by atomic mass is 9.88. The monoisotopic (exact) mass is 246 g/mol. The SMILES string of the molecule is C/C(=C\NC(=O)Nc1ccccc1C)C(C)(C)C. The number of para-hydroxylation sites is 1. The fourth-order valence-corrected chi connectivity index (χ4v) is 1.26. The lowest BCUT2D eigenvalue weighted by Gasteiger charge is -2.19. The Morgan fingerprint density at radius 3 is 2.39 bits per heavy atom. The molecule has 0 bridgehead atoms. The van der Waals surface area contributed by atoms with Crippen molar-refractivity contribution in [3.63, 3.8) is 0 Å². The first-order valence-electron chi connectivity index (χ1n) is 6.11. The smallest absolute Gasteiger partial charge is 0.314 e. The number of hydrogen-bond donors (Lipinski definition) is 2. The minimum atomic E-state index is -0.215. The largest absolute Gasteiger partial charge is 0.323 e. The highest BCUT2D eigenvalue weighted by Crippen LogP contribution is 2.23. The Morgan fingerprint density at radius 2 is 1.83 bits per heavy atom. The summed E-state index contributed by atoms with van der Waals surface area (Å²) in [4.78, 5) is 11.7. The summed E-state index contributed by atoms with van der Waals surface area (Å²) in [5, 5.41) is 5.57. The average molecular weight is 246 g/mol. The summed E-state index contributed by atoms with van der Waals surface area (Å²) < 4.78 is 0. The molecule has 0 spiro atoms. The van der Waals surface area contributed by atoms with Gasteiger partial charge in [0.25, 0.3) is 0 Å². The molecular weight excluding hydrogens is 224 g/mol. The molecule has 18 heavy (non-hydrogen) atoms. The minimum Gasteiger partial charge on any atom is -0.314 e. The second-order valence-corrected chi connectivity index (χ2v) is 5.49. The molecule has 0 saturated heterocycles. The van der Waals surface area contributed by atoms with E-state index >= 15 is 0 Å². The van der Waals surface area contributed by atoms with E-state index in [4.69, 9.17) is 0 Å². The Kier molecular flexibility index (Phi) is 4.54. The van der Waals surface area contributed by atoms with Gasteiger partial charge >= 0.3 is 6.03 Å². The fraction of sp³-hybridized carbons (Fsp3) is 0.400. The van der Waals surface area contributed by atoms with E-state index in [0.29, 0.717) is 0 Å². The zero-order valence-corrected chi connectivity index (χ0v) is 11.8. The highest BCUT2D eigenvalue weighted by Gasteiger charge is 2.12. The molecule has 1 aromatic carbocycles. The number of anilines is 1. The molecule has 2 amide bonds. The second-order valence-electron chi connectivity index (χ2n) is 5.49. The third-order valence-electron chi connectivity index (χ3n) is 3.00. The van der Waals surface area contributed by atoms with E-state index in [9.17, 15) is 4.79 Å². The van der Waals surface area contributed by atoms with Crippen molar-refractivity contribution in [1.29, 1.82) is 0 Å². The van der Waals surface area contributed by atoms with Gasteiger partial charge in [0.05, 0.1) is 0 Å². The van der Waals surface area contributed by atoms with Crippen molar-refractivity contribution >= 4 is 11.7 Å². The van der Waals surface area contributed by atoms with Crippen LogP contribution < -0.4 is 10.6 Å². The summed E-state index contributed by atoms with van der Waals surface area (Å²) >= 11 is 0. The highest BCUT2D eigenvalue weighted by atomic mass is 16.2. The Morgan fingerprint density at radius 1 is 1.22 bits per heavy atom. The summed E-state index contributed by atoms with van der Waals surface area (Å²) in [6, 6.07) is 7.48. The number of amides is 2. The number of hydrogen-bond acceptors (Lipinski definition) is 1. The van der Waals surface area contributed by atoms with Crippen LogP contribution in [0.1, 0.15) is 33.3 Å². The highest BCUT2D eigenvalue weighted by molar-refractivity contribution is 5.90. The predicted molar refractivity (Wildman–Crippen MR) is 76.5 cm³/mol. The molecule has 1 rings (SSSR count). The molecule has 0 aliphatic carbocycles. The van der Waals surface area contributed by atoms with E-state index < -0.39 is 0 Å². The second kappa shape index (κ2) is 5.71. The van der Waals surface area contributed by atoms with E-state index in [1.807, 2.05) is 38.1 Å². The van der Waals surface area contributed by atoms with Gasteiger partial charge in [0.2, 0.25) is 0 Å². The van der Waals surface area contributed by atoms with Crippen LogP contribution in [0.4, 0.5) is 10.5 Å². The van der Waals surface area contributed by atoms with Crippen molar-refractivity contribution in [3.8, 4) is 0 Å². The van der Waals surface area contributed by atoms with E-state index in [2.05, 4.69) is 31.4 Å². The first-order chi connectivity index (χ1) is 8.30. The first kappa shape index (κ1) is 14.3. The first-order valence-corrected chi connectivity index (χ1v) is 6.11. The van der Waals surface area contributed by atoms with Crippen LogP contribution >= 0.6 is 0 Å². The van der Waals surface area contributed by atoms with Crippen LogP contribution in [0.25, 0.3) is 0 Å².